The Morgan fingerprint density at radius 3 is 2.68 bits per heavy atom. The van der Waals surface area contributed by atoms with Crippen LogP contribution in [0.2, 0.25) is 5.02 Å². The number of piperidine rings is 1. The van der Waals surface area contributed by atoms with Crippen molar-refractivity contribution >= 4 is 45.6 Å². The van der Waals surface area contributed by atoms with Crippen molar-refractivity contribution in [1.29, 1.82) is 0 Å². The fraction of sp³-hybridized carbons (Fsp3) is 0.333. The Balaban J connectivity index is 1.08. The fourth-order valence-electron chi connectivity index (χ4n) is 5.36. The van der Waals surface area contributed by atoms with Gasteiger partial charge in [-0.05, 0) is 75.6 Å². The van der Waals surface area contributed by atoms with Crippen LogP contribution in [0.4, 0.5) is 16.3 Å². The van der Waals surface area contributed by atoms with Crippen LogP contribution in [0.15, 0.2) is 73.2 Å². The molecule has 3 aromatic heterocycles. The number of alkyl carbamates (subject to hydrolysis) is 1. The molecule has 0 unspecified atom stereocenters. The molecule has 4 heterocycles. The molecule has 6 rings (SSSR count). The minimum Gasteiger partial charge on any atom is -0.486 e. The van der Waals surface area contributed by atoms with Crippen molar-refractivity contribution in [2.24, 2.45) is 0 Å². The first-order chi connectivity index (χ1) is 21.2. The van der Waals surface area contributed by atoms with Gasteiger partial charge < -0.3 is 20.1 Å². The number of pyridine rings is 1. The van der Waals surface area contributed by atoms with E-state index < -0.39 is 5.60 Å². The standard InChI is InChI=1S/C33H36ClN7O3/c1-33(2,3)44-32(42)39-24-13-15-40(16-14-24)19-23-12-17-41-30(23)31(35-21-36-41)38-25-10-11-29(27(34)18-25)43-20-26-9-8-22-6-4-5-7-28(22)37-26/h4-12,17-18,21,24H,13-16,19-20H2,1-3H3,(H,39,42)(H,35,36,38). The van der Waals surface area contributed by atoms with Gasteiger partial charge in [-0.15, -0.1) is 0 Å². The second-order valence-corrected chi connectivity index (χ2v) is 12.4. The van der Waals surface area contributed by atoms with Gasteiger partial charge in [0.25, 0.3) is 0 Å². The largest absolute Gasteiger partial charge is 0.486 e. The number of hydrogen-bond acceptors (Lipinski definition) is 8. The van der Waals surface area contributed by atoms with Crippen molar-refractivity contribution in [2.75, 3.05) is 18.4 Å². The summed E-state index contributed by atoms with van der Waals surface area (Å²) in [6.07, 6.45) is 4.83. The van der Waals surface area contributed by atoms with Crippen molar-refractivity contribution in [2.45, 2.75) is 58.4 Å². The number of carbonyl (C=O) groups is 1. The average Bonchev–Trinajstić information content (AvgIpc) is 3.40. The third-order valence-electron chi connectivity index (χ3n) is 7.47. The van der Waals surface area contributed by atoms with Crippen LogP contribution in [0.25, 0.3) is 16.4 Å². The van der Waals surface area contributed by atoms with Gasteiger partial charge >= 0.3 is 6.09 Å². The van der Waals surface area contributed by atoms with Crippen molar-refractivity contribution < 1.29 is 14.3 Å². The van der Waals surface area contributed by atoms with E-state index in [0.29, 0.717) is 23.2 Å². The summed E-state index contributed by atoms with van der Waals surface area (Å²) in [5.74, 6) is 1.26. The minimum absolute atomic E-state index is 0.105. The van der Waals surface area contributed by atoms with Crippen LogP contribution >= 0.6 is 11.6 Å². The van der Waals surface area contributed by atoms with Crippen molar-refractivity contribution in [3.05, 3.63) is 89.5 Å². The predicted molar refractivity (Wildman–Crippen MR) is 171 cm³/mol. The highest BCUT2D eigenvalue weighted by atomic mass is 35.5. The highest BCUT2D eigenvalue weighted by molar-refractivity contribution is 6.32. The van der Waals surface area contributed by atoms with Gasteiger partial charge in [0.1, 0.15) is 29.8 Å². The number of hydrogen-bond donors (Lipinski definition) is 2. The minimum atomic E-state index is -0.508. The van der Waals surface area contributed by atoms with E-state index in [1.165, 1.54) is 6.33 Å². The summed E-state index contributed by atoms with van der Waals surface area (Å²) in [6.45, 7) is 8.39. The monoisotopic (exact) mass is 613 g/mol. The third-order valence-corrected chi connectivity index (χ3v) is 7.76. The quantitative estimate of drug-likeness (QED) is 0.198. The molecule has 0 bridgehead atoms. The number of halogens is 1. The Kier molecular flexibility index (Phi) is 8.54. The van der Waals surface area contributed by atoms with Crippen molar-refractivity contribution in [1.82, 2.24) is 29.8 Å². The van der Waals surface area contributed by atoms with Gasteiger partial charge in [-0.2, -0.15) is 5.10 Å². The van der Waals surface area contributed by atoms with Crippen molar-refractivity contribution in [3.8, 4) is 5.75 Å². The van der Waals surface area contributed by atoms with E-state index in [4.69, 9.17) is 21.1 Å². The topological polar surface area (TPSA) is 106 Å². The number of rotatable bonds is 8. The molecule has 11 heteroatoms. The molecule has 5 aromatic rings. The maximum Gasteiger partial charge on any atom is 0.407 e. The third kappa shape index (κ3) is 7.20. The summed E-state index contributed by atoms with van der Waals surface area (Å²) >= 11 is 6.62. The maximum absolute atomic E-state index is 12.2. The van der Waals surface area contributed by atoms with E-state index in [9.17, 15) is 4.79 Å². The molecule has 2 aromatic carbocycles. The number of ether oxygens (including phenoxy) is 2. The second kappa shape index (κ2) is 12.7. The SMILES string of the molecule is CC(C)(C)OC(=O)NC1CCN(Cc2ccn3ncnc(Nc4ccc(OCc5ccc6ccccc6n5)c(Cl)c4)c23)CC1. The van der Waals surface area contributed by atoms with Crippen LogP contribution in [0, 0.1) is 0 Å². The van der Waals surface area contributed by atoms with Crippen LogP contribution in [0.1, 0.15) is 44.9 Å². The predicted octanol–water partition coefficient (Wildman–Crippen LogP) is 6.74. The molecule has 0 aliphatic carbocycles. The number of amides is 1. The summed E-state index contributed by atoms with van der Waals surface area (Å²) < 4.78 is 13.2. The van der Waals surface area contributed by atoms with E-state index >= 15 is 0 Å². The van der Waals surface area contributed by atoms with Crippen LogP contribution in [-0.4, -0.2) is 55.3 Å². The van der Waals surface area contributed by atoms with Crippen LogP contribution < -0.4 is 15.4 Å². The van der Waals surface area contributed by atoms with Gasteiger partial charge in [-0.3, -0.25) is 4.90 Å². The lowest BCUT2D eigenvalue weighted by Gasteiger charge is -2.32. The number of likely N-dealkylation sites (tertiary alicyclic amines) is 1. The van der Waals surface area contributed by atoms with Crippen LogP contribution in [0.3, 0.4) is 0 Å². The Bertz CT molecular complexity index is 1780. The van der Waals surface area contributed by atoms with Crippen molar-refractivity contribution in [3.63, 3.8) is 0 Å². The lowest BCUT2D eigenvalue weighted by atomic mass is 10.0. The molecule has 0 saturated carbocycles. The summed E-state index contributed by atoms with van der Waals surface area (Å²) in [4.78, 5) is 23.8. The molecule has 10 nitrogen and oxygen atoms in total. The first-order valence-corrected chi connectivity index (χ1v) is 15.2. The Morgan fingerprint density at radius 1 is 1.07 bits per heavy atom. The van der Waals surface area contributed by atoms with Gasteiger partial charge in [-0.1, -0.05) is 35.9 Å². The van der Waals surface area contributed by atoms with Gasteiger partial charge in [0.15, 0.2) is 5.82 Å². The van der Waals surface area contributed by atoms with Gasteiger partial charge in [0.05, 0.1) is 16.2 Å². The summed E-state index contributed by atoms with van der Waals surface area (Å²) in [5.41, 5.74) is 4.05. The maximum atomic E-state index is 12.2. The molecule has 228 valence electrons. The number of fused-ring (bicyclic) bond motifs is 2. The molecule has 2 N–H and O–H groups in total. The average molecular weight is 614 g/mol. The Hall–Kier alpha value is -4.41. The van der Waals surface area contributed by atoms with Gasteiger partial charge in [0, 0.05) is 42.9 Å². The van der Waals surface area contributed by atoms with Gasteiger partial charge in [-0.25, -0.2) is 19.3 Å². The van der Waals surface area contributed by atoms with E-state index in [1.54, 1.807) is 0 Å². The smallest absolute Gasteiger partial charge is 0.407 e. The number of para-hydroxylation sites is 1. The molecule has 44 heavy (non-hydrogen) atoms. The van der Waals surface area contributed by atoms with Gasteiger partial charge in [0.2, 0.25) is 0 Å². The van der Waals surface area contributed by atoms with E-state index in [-0.39, 0.29) is 12.1 Å². The molecular weight excluding hydrogens is 578 g/mol. The molecule has 1 saturated heterocycles. The molecular formula is C33H36ClN7O3. The van der Waals surface area contributed by atoms with E-state index in [1.807, 2.05) is 86.1 Å². The number of carbonyl (C=O) groups excluding carboxylic acids is 1. The first-order valence-electron chi connectivity index (χ1n) is 14.8. The Labute approximate surface area is 261 Å². The number of anilines is 2. The van der Waals surface area contributed by atoms with E-state index in [2.05, 4.69) is 36.7 Å². The zero-order valence-electron chi connectivity index (χ0n) is 25.1. The molecule has 1 aliphatic heterocycles. The summed E-state index contributed by atoms with van der Waals surface area (Å²) in [6, 6.07) is 19.8. The Morgan fingerprint density at radius 2 is 1.89 bits per heavy atom. The number of benzene rings is 2. The van der Waals surface area contributed by atoms with Crippen LogP contribution in [-0.2, 0) is 17.9 Å². The first kappa shape index (κ1) is 29.7. The molecule has 0 spiro atoms. The molecule has 0 atom stereocenters. The number of aromatic nitrogens is 4. The zero-order chi connectivity index (χ0) is 30.7. The lowest BCUT2D eigenvalue weighted by molar-refractivity contribution is 0.0477. The lowest BCUT2D eigenvalue weighted by Crippen LogP contribution is -2.45. The zero-order valence-corrected chi connectivity index (χ0v) is 25.8. The molecule has 0 radical (unpaired) electrons. The molecule has 1 amide bonds. The normalized spacial score (nSPS) is 14.5. The molecule has 1 aliphatic rings. The van der Waals surface area contributed by atoms with E-state index in [0.717, 1.165) is 65.8 Å². The number of nitrogens with zero attached hydrogens (tertiary/aromatic N) is 5. The fourth-order valence-corrected chi connectivity index (χ4v) is 5.60. The summed E-state index contributed by atoms with van der Waals surface area (Å²) in [7, 11) is 0. The number of nitrogens with one attached hydrogen (secondary N) is 2. The summed E-state index contributed by atoms with van der Waals surface area (Å²) in [5, 5.41) is 12.4. The highest BCUT2D eigenvalue weighted by Crippen LogP contribution is 2.31. The second-order valence-electron chi connectivity index (χ2n) is 12.0. The highest BCUT2D eigenvalue weighted by Gasteiger charge is 2.24. The van der Waals surface area contributed by atoms with Crippen LogP contribution in [0.5, 0.6) is 5.75 Å². The molecule has 1 fully saturated rings.